The summed E-state index contributed by atoms with van der Waals surface area (Å²) in [6, 6.07) is 25.6. The maximum Gasteiger partial charge on any atom is 0.411 e. The molecule has 4 amide bonds. The number of carboxylic acids is 1. The first kappa shape index (κ1) is 56.1. The standard InChI is InChI=1S/C56H67Cl2N7O10/c1-36(50(67)65-45(34-72-55(65,5)6)49(66)60-56(30-38-16-21-41(57)22-17-38)26-13-27-63(35-56)52(70)75-54(2,3)4)64(53(71)74-47(51(68)69)28-37-14-11-10-12-15-37)32-40-18-23-42(58)29-46(40)73-43-24-19-39(20-25-43)44-31-59-48(62(44)9)33-61(7)8/h10-12,14-25,29,31,36,45,47H,13,26-28,30,32-35H2,1-9H3,(H,60,66)(H,68,69)/t36-,45-,47-,56+/m0/s1. The highest BCUT2D eigenvalue weighted by atomic mass is 35.5. The summed E-state index contributed by atoms with van der Waals surface area (Å²) >= 11 is 12.8. The number of benzene rings is 4. The molecule has 4 aromatic carbocycles. The van der Waals surface area contributed by atoms with Crippen molar-refractivity contribution in [3.05, 3.63) is 136 Å². The Morgan fingerprint density at radius 2 is 1.60 bits per heavy atom. The van der Waals surface area contributed by atoms with Crippen molar-refractivity contribution in [1.29, 1.82) is 0 Å². The van der Waals surface area contributed by atoms with E-state index in [2.05, 4.69) is 10.3 Å². The van der Waals surface area contributed by atoms with Gasteiger partial charge in [0, 0.05) is 47.7 Å². The molecule has 0 spiro atoms. The molecule has 2 aliphatic rings. The predicted molar refractivity (Wildman–Crippen MR) is 284 cm³/mol. The van der Waals surface area contributed by atoms with Crippen molar-refractivity contribution in [3.8, 4) is 22.8 Å². The van der Waals surface area contributed by atoms with Gasteiger partial charge in [-0.05, 0) is 135 Å². The van der Waals surface area contributed by atoms with E-state index in [0.29, 0.717) is 59.3 Å². The van der Waals surface area contributed by atoms with Crippen LogP contribution in [0, 0.1) is 0 Å². The fourth-order valence-electron chi connectivity index (χ4n) is 9.45. The van der Waals surface area contributed by atoms with E-state index in [4.69, 9.17) is 42.1 Å². The third-order valence-electron chi connectivity index (χ3n) is 13.2. The first-order valence-corrected chi connectivity index (χ1v) is 25.6. The number of aliphatic carboxylic acids is 1. The summed E-state index contributed by atoms with van der Waals surface area (Å²) in [4.78, 5) is 81.8. The minimum absolute atomic E-state index is 0.114. The van der Waals surface area contributed by atoms with Crippen LogP contribution in [0.2, 0.25) is 10.0 Å². The second kappa shape index (κ2) is 23.5. The average Bonchev–Trinajstić information content (AvgIpc) is 3.87. The molecule has 3 heterocycles. The highest BCUT2D eigenvalue weighted by Crippen LogP contribution is 2.35. The zero-order chi connectivity index (χ0) is 54.4. The van der Waals surface area contributed by atoms with Crippen molar-refractivity contribution in [1.82, 2.24) is 34.5 Å². The van der Waals surface area contributed by atoms with Crippen LogP contribution < -0.4 is 10.1 Å². The van der Waals surface area contributed by atoms with E-state index in [1.54, 1.807) is 112 Å². The zero-order valence-electron chi connectivity index (χ0n) is 44.0. The Kier molecular flexibility index (Phi) is 17.6. The Labute approximate surface area is 448 Å². The van der Waals surface area contributed by atoms with Gasteiger partial charge in [-0.15, -0.1) is 0 Å². The summed E-state index contributed by atoms with van der Waals surface area (Å²) in [6.45, 7) is 10.8. The first-order chi connectivity index (χ1) is 35.4. The molecule has 7 rings (SSSR count). The topological polar surface area (TPSA) is 185 Å². The molecular formula is C56H67Cl2N7O10. The lowest BCUT2D eigenvalue weighted by molar-refractivity contribution is -0.155. The van der Waals surface area contributed by atoms with Gasteiger partial charge in [-0.1, -0.05) is 71.7 Å². The van der Waals surface area contributed by atoms with Crippen molar-refractivity contribution in [2.75, 3.05) is 33.8 Å². The van der Waals surface area contributed by atoms with Crippen molar-refractivity contribution < 1.29 is 48.0 Å². The van der Waals surface area contributed by atoms with Crippen LogP contribution in [0.15, 0.2) is 103 Å². The third kappa shape index (κ3) is 14.2. The Hall–Kier alpha value is -6.66. The molecule has 2 N–H and O–H groups in total. The molecule has 2 fully saturated rings. The largest absolute Gasteiger partial charge is 0.478 e. The lowest BCUT2D eigenvalue weighted by atomic mass is 9.82. The molecule has 17 nitrogen and oxygen atoms in total. The van der Waals surface area contributed by atoms with Gasteiger partial charge < -0.3 is 43.7 Å². The number of carbonyl (C=O) groups is 5. The Morgan fingerprint density at radius 3 is 2.25 bits per heavy atom. The van der Waals surface area contributed by atoms with Gasteiger partial charge in [0.1, 0.15) is 40.7 Å². The Bertz CT molecular complexity index is 2840. The molecule has 1 aromatic heterocycles. The van der Waals surface area contributed by atoms with Gasteiger partial charge in [0.15, 0.2) is 0 Å². The minimum atomic E-state index is -1.64. The van der Waals surface area contributed by atoms with Crippen molar-refractivity contribution in [2.24, 2.45) is 7.05 Å². The highest BCUT2D eigenvalue weighted by molar-refractivity contribution is 6.31. The van der Waals surface area contributed by atoms with Crippen LogP contribution in [0.5, 0.6) is 11.5 Å². The molecule has 0 bridgehead atoms. The van der Waals surface area contributed by atoms with Gasteiger partial charge in [0.25, 0.3) is 0 Å². The molecule has 4 atom stereocenters. The first-order valence-electron chi connectivity index (χ1n) is 24.9. The van der Waals surface area contributed by atoms with Gasteiger partial charge in [0.2, 0.25) is 17.9 Å². The summed E-state index contributed by atoms with van der Waals surface area (Å²) in [5, 5.41) is 14.5. The van der Waals surface area contributed by atoms with E-state index >= 15 is 4.79 Å². The number of amides is 4. The fraction of sp³-hybridized carbons (Fsp3) is 0.429. The number of halogens is 2. The number of rotatable bonds is 17. The molecule has 2 aliphatic heterocycles. The van der Waals surface area contributed by atoms with E-state index in [-0.39, 0.29) is 31.9 Å². The number of piperidine rings is 1. The molecule has 5 aromatic rings. The van der Waals surface area contributed by atoms with Crippen molar-refractivity contribution in [3.63, 3.8) is 0 Å². The number of hydrogen-bond donors (Lipinski definition) is 2. The molecule has 19 heteroatoms. The van der Waals surface area contributed by atoms with Gasteiger partial charge in [-0.25, -0.2) is 19.4 Å². The molecule has 75 heavy (non-hydrogen) atoms. The maximum atomic E-state index is 15.3. The van der Waals surface area contributed by atoms with Gasteiger partial charge in [-0.3, -0.25) is 19.4 Å². The second-order valence-corrected chi connectivity index (χ2v) is 21.9. The molecule has 0 radical (unpaired) electrons. The maximum absolute atomic E-state index is 15.3. The smallest absolute Gasteiger partial charge is 0.411 e. The molecular weight excluding hydrogens is 1000 g/mol. The van der Waals surface area contributed by atoms with Gasteiger partial charge in [0.05, 0.1) is 37.1 Å². The minimum Gasteiger partial charge on any atom is -0.478 e. The Balaban J connectivity index is 1.19. The number of aromatic nitrogens is 2. The number of ether oxygens (including phenoxy) is 4. The Morgan fingerprint density at radius 1 is 0.920 bits per heavy atom. The monoisotopic (exact) mass is 1070 g/mol. The highest BCUT2D eigenvalue weighted by Gasteiger charge is 2.51. The molecule has 2 saturated heterocycles. The molecule has 0 unspecified atom stereocenters. The number of imidazole rings is 1. The van der Waals surface area contributed by atoms with Crippen LogP contribution in [0.4, 0.5) is 9.59 Å². The number of nitrogens with one attached hydrogen (secondary N) is 1. The van der Waals surface area contributed by atoms with E-state index in [1.807, 2.05) is 61.1 Å². The number of nitrogens with zero attached hydrogens (tertiary/aromatic N) is 6. The lowest BCUT2D eigenvalue weighted by Gasteiger charge is -2.45. The van der Waals surface area contributed by atoms with Crippen molar-refractivity contribution >= 4 is 53.2 Å². The van der Waals surface area contributed by atoms with Gasteiger partial charge >= 0.3 is 18.2 Å². The summed E-state index contributed by atoms with van der Waals surface area (Å²) in [5.74, 6) is -1.03. The average molecular weight is 1070 g/mol. The zero-order valence-corrected chi connectivity index (χ0v) is 45.5. The lowest BCUT2D eigenvalue weighted by Crippen LogP contribution is -2.65. The quantitative estimate of drug-likeness (QED) is 0.0901. The number of likely N-dealkylation sites (tertiary alicyclic amines) is 1. The molecule has 0 aliphatic carbocycles. The van der Waals surface area contributed by atoms with Crippen LogP contribution in [0.25, 0.3) is 11.3 Å². The van der Waals surface area contributed by atoms with Crippen LogP contribution in [0.1, 0.15) is 76.9 Å². The normalized spacial score (nSPS) is 18.3. The summed E-state index contributed by atoms with van der Waals surface area (Å²) in [7, 11) is 5.91. The number of carbonyl (C=O) groups excluding carboxylic acids is 4. The second-order valence-electron chi connectivity index (χ2n) is 21.0. The summed E-state index contributed by atoms with van der Waals surface area (Å²) < 4.78 is 26.2. The van der Waals surface area contributed by atoms with Crippen LogP contribution in [-0.4, -0.2) is 133 Å². The summed E-state index contributed by atoms with van der Waals surface area (Å²) in [5.41, 5.74) is 0.534. The van der Waals surface area contributed by atoms with Crippen LogP contribution in [-0.2, 0) is 61.6 Å². The van der Waals surface area contributed by atoms with Crippen LogP contribution >= 0.6 is 23.2 Å². The fourth-order valence-corrected chi connectivity index (χ4v) is 9.74. The van der Waals surface area contributed by atoms with E-state index in [9.17, 15) is 24.3 Å². The van der Waals surface area contributed by atoms with Crippen molar-refractivity contribution in [2.45, 2.75) is 115 Å². The predicted octanol–water partition coefficient (Wildman–Crippen LogP) is 9.36. The SMILES string of the molecule is C[C@@H](C(=O)N1[C@H](C(=O)N[C@@]2(Cc3ccc(Cl)cc3)CCCN(C(=O)OC(C)(C)C)C2)COC1(C)C)N(Cc1ccc(Cl)cc1Oc1ccc(-c2cnc(CN(C)C)n2C)cc1)C(=O)O[C@@H](Cc1ccccc1)C(=O)O. The van der Waals surface area contributed by atoms with Gasteiger partial charge in [-0.2, -0.15) is 0 Å². The van der Waals surface area contributed by atoms with E-state index < -0.39 is 65.0 Å². The summed E-state index contributed by atoms with van der Waals surface area (Å²) in [6.07, 6.45) is -0.248. The van der Waals surface area contributed by atoms with E-state index in [0.717, 1.165) is 27.5 Å². The molecule has 0 saturated carbocycles. The number of hydrogen-bond acceptors (Lipinski definition) is 11. The number of carboxylic acid groups (broad SMARTS) is 1. The van der Waals surface area contributed by atoms with E-state index in [1.165, 1.54) is 11.8 Å². The third-order valence-corrected chi connectivity index (χ3v) is 13.7. The van der Waals surface area contributed by atoms with Crippen LogP contribution in [0.3, 0.4) is 0 Å². The molecule has 400 valence electrons.